The molecular weight excluding hydrogens is 286 g/mol. The van der Waals surface area contributed by atoms with Crippen LogP contribution < -0.4 is 5.43 Å². The average Bonchev–Trinajstić information content (AvgIpc) is 2.44. The number of carbonyl (C=O) groups is 1. The normalized spacial score (nSPS) is 41.4. The Morgan fingerprint density at radius 1 is 1.26 bits per heavy atom. The highest BCUT2D eigenvalue weighted by Crippen LogP contribution is 2.69. The van der Waals surface area contributed by atoms with E-state index < -0.39 is 0 Å². The van der Waals surface area contributed by atoms with Gasteiger partial charge in [-0.25, -0.2) is 5.43 Å². The van der Waals surface area contributed by atoms with Crippen molar-refractivity contribution in [3.63, 3.8) is 0 Å². The van der Waals surface area contributed by atoms with Crippen LogP contribution in [0.5, 0.6) is 0 Å². The molecule has 4 fully saturated rings. The van der Waals surface area contributed by atoms with Crippen LogP contribution in [-0.2, 0) is 4.79 Å². The first-order valence-corrected chi connectivity index (χ1v) is 8.64. The smallest absolute Gasteiger partial charge is 0.246 e. The number of hydrogen-bond donors (Lipinski definition) is 1. The molecular formula is C19H25N3O. The van der Waals surface area contributed by atoms with Crippen LogP contribution in [0.3, 0.4) is 0 Å². The Bertz CT molecular complexity index is 636. The summed E-state index contributed by atoms with van der Waals surface area (Å²) in [7, 11) is 0. The molecule has 0 spiro atoms. The second kappa shape index (κ2) is 4.89. The summed E-state index contributed by atoms with van der Waals surface area (Å²) in [6.07, 6.45) is 12.1. The summed E-state index contributed by atoms with van der Waals surface area (Å²) in [6.45, 7) is 4.77. The van der Waals surface area contributed by atoms with E-state index in [2.05, 4.69) is 29.4 Å². The molecule has 4 aliphatic rings. The fourth-order valence-electron chi connectivity index (χ4n) is 6.44. The van der Waals surface area contributed by atoms with Crippen LogP contribution in [-0.4, -0.2) is 17.1 Å². The fraction of sp³-hybridized carbons (Fsp3) is 0.632. The third kappa shape index (κ3) is 2.58. The van der Waals surface area contributed by atoms with E-state index >= 15 is 0 Å². The molecule has 1 N–H and O–H groups in total. The molecule has 1 aromatic rings. The van der Waals surface area contributed by atoms with E-state index in [1.54, 1.807) is 18.6 Å². The molecule has 0 radical (unpaired) electrons. The van der Waals surface area contributed by atoms with Gasteiger partial charge in [0.15, 0.2) is 0 Å². The molecule has 0 aliphatic heterocycles. The monoisotopic (exact) mass is 311 g/mol. The van der Waals surface area contributed by atoms with E-state index in [0.29, 0.717) is 16.7 Å². The van der Waals surface area contributed by atoms with Crippen LogP contribution in [0.15, 0.2) is 29.6 Å². The number of rotatable bonds is 3. The summed E-state index contributed by atoms with van der Waals surface area (Å²) in [4.78, 5) is 17.0. The topological polar surface area (TPSA) is 54.4 Å². The predicted molar refractivity (Wildman–Crippen MR) is 89.8 cm³/mol. The Labute approximate surface area is 137 Å². The van der Waals surface area contributed by atoms with Crippen molar-refractivity contribution in [3.05, 3.63) is 30.1 Å². The van der Waals surface area contributed by atoms with Gasteiger partial charge < -0.3 is 0 Å². The fourth-order valence-corrected chi connectivity index (χ4v) is 6.44. The first-order chi connectivity index (χ1) is 10.9. The van der Waals surface area contributed by atoms with E-state index in [1.165, 1.54) is 19.3 Å². The summed E-state index contributed by atoms with van der Waals surface area (Å²) in [5.74, 6) is 0.841. The molecule has 0 saturated heterocycles. The molecule has 2 atom stereocenters. The van der Waals surface area contributed by atoms with E-state index in [9.17, 15) is 4.79 Å². The van der Waals surface area contributed by atoms with Crippen molar-refractivity contribution in [1.82, 2.24) is 10.4 Å². The van der Waals surface area contributed by atoms with Crippen molar-refractivity contribution >= 4 is 12.1 Å². The van der Waals surface area contributed by atoms with Gasteiger partial charge in [0.1, 0.15) is 0 Å². The van der Waals surface area contributed by atoms with Crippen LogP contribution in [0.4, 0.5) is 0 Å². The minimum absolute atomic E-state index is 0.124. The number of nitrogens with one attached hydrogen (secondary N) is 1. The van der Waals surface area contributed by atoms with Crippen molar-refractivity contribution in [2.24, 2.45) is 27.3 Å². The quantitative estimate of drug-likeness (QED) is 0.686. The van der Waals surface area contributed by atoms with E-state index in [4.69, 9.17) is 0 Å². The molecule has 1 heterocycles. The summed E-state index contributed by atoms with van der Waals surface area (Å²) in [6, 6.07) is 3.79. The maximum absolute atomic E-state index is 12.9. The van der Waals surface area contributed by atoms with E-state index in [-0.39, 0.29) is 11.3 Å². The van der Waals surface area contributed by atoms with Crippen molar-refractivity contribution < 1.29 is 4.79 Å². The number of pyridine rings is 1. The van der Waals surface area contributed by atoms with Crippen LogP contribution in [0.2, 0.25) is 0 Å². The van der Waals surface area contributed by atoms with Gasteiger partial charge in [0.05, 0.1) is 11.6 Å². The van der Waals surface area contributed by atoms with Gasteiger partial charge in [0.2, 0.25) is 5.91 Å². The Morgan fingerprint density at radius 3 is 2.61 bits per heavy atom. The molecule has 4 saturated carbocycles. The number of hydrogen-bond acceptors (Lipinski definition) is 3. The second-order valence-corrected chi connectivity index (χ2v) is 8.90. The third-order valence-electron chi connectivity index (χ3n) is 6.17. The molecule has 2 unspecified atom stereocenters. The van der Waals surface area contributed by atoms with Gasteiger partial charge in [-0.15, -0.1) is 0 Å². The minimum atomic E-state index is -0.199. The van der Waals surface area contributed by atoms with Crippen molar-refractivity contribution in [1.29, 1.82) is 0 Å². The highest BCUT2D eigenvalue weighted by atomic mass is 16.2. The largest absolute Gasteiger partial charge is 0.273 e. The summed E-state index contributed by atoms with van der Waals surface area (Å²) in [5, 5.41) is 4.18. The lowest BCUT2D eigenvalue weighted by Gasteiger charge is -2.64. The summed E-state index contributed by atoms with van der Waals surface area (Å²) < 4.78 is 0. The van der Waals surface area contributed by atoms with Crippen LogP contribution in [0.25, 0.3) is 0 Å². The first kappa shape index (κ1) is 14.9. The maximum atomic E-state index is 12.9. The molecule has 4 aliphatic carbocycles. The number of carbonyl (C=O) groups excluding carboxylic acids is 1. The molecule has 4 nitrogen and oxygen atoms in total. The standard InChI is InChI=1S/C19H25N3O/c1-17-6-15-7-18(2,11-17)13-19(8-15,12-17)16(23)22-21-10-14-4-3-5-20-9-14/h3-5,9-10,15H,6-8,11-13H2,1-2H3,(H,22,23)/b21-10+. The van der Waals surface area contributed by atoms with E-state index in [0.717, 1.165) is 24.8 Å². The Balaban J connectivity index is 1.51. The summed E-state index contributed by atoms with van der Waals surface area (Å²) >= 11 is 0. The SMILES string of the molecule is CC12CC3CC(C)(C1)CC(C(=O)N/N=C/c1cccnc1)(C3)C2. The van der Waals surface area contributed by atoms with Gasteiger partial charge in [-0.1, -0.05) is 19.9 Å². The number of aromatic nitrogens is 1. The highest BCUT2D eigenvalue weighted by Gasteiger charge is 2.62. The molecule has 5 rings (SSSR count). The minimum Gasteiger partial charge on any atom is -0.273 e. The Hall–Kier alpha value is -1.71. The van der Waals surface area contributed by atoms with Gasteiger partial charge in [-0.3, -0.25) is 9.78 Å². The lowest BCUT2D eigenvalue weighted by Crippen LogP contribution is -2.59. The lowest BCUT2D eigenvalue weighted by atomic mass is 9.40. The maximum Gasteiger partial charge on any atom is 0.246 e. The number of amides is 1. The van der Waals surface area contributed by atoms with Gasteiger partial charge >= 0.3 is 0 Å². The molecule has 4 heteroatoms. The van der Waals surface area contributed by atoms with Crippen molar-refractivity contribution in [2.45, 2.75) is 52.4 Å². The Morgan fingerprint density at radius 2 is 2.00 bits per heavy atom. The third-order valence-corrected chi connectivity index (χ3v) is 6.17. The van der Waals surface area contributed by atoms with Crippen LogP contribution >= 0.6 is 0 Å². The van der Waals surface area contributed by atoms with Gasteiger partial charge in [-0.05, 0) is 61.3 Å². The zero-order chi connectivity index (χ0) is 16.1. The zero-order valence-corrected chi connectivity index (χ0v) is 14.0. The first-order valence-electron chi connectivity index (χ1n) is 8.64. The van der Waals surface area contributed by atoms with E-state index in [1.807, 2.05) is 12.1 Å². The average molecular weight is 311 g/mol. The highest BCUT2D eigenvalue weighted by molar-refractivity contribution is 5.85. The predicted octanol–water partition coefficient (Wildman–Crippen LogP) is 3.53. The zero-order valence-electron chi connectivity index (χ0n) is 14.0. The molecule has 1 aromatic heterocycles. The molecule has 23 heavy (non-hydrogen) atoms. The Kier molecular flexibility index (Phi) is 3.16. The van der Waals surface area contributed by atoms with Crippen molar-refractivity contribution in [2.75, 3.05) is 0 Å². The van der Waals surface area contributed by atoms with Crippen LogP contribution in [0.1, 0.15) is 57.9 Å². The molecule has 4 bridgehead atoms. The lowest BCUT2D eigenvalue weighted by molar-refractivity contribution is -0.170. The second-order valence-electron chi connectivity index (χ2n) is 8.90. The van der Waals surface area contributed by atoms with Crippen LogP contribution in [0, 0.1) is 22.2 Å². The molecule has 0 aromatic carbocycles. The van der Waals surface area contributed by atoms with Gasteiger partial charge in [-0.2, -0.15) is 5.10 Å². The van der Waals surface area contributed by atoms with Gasteiger partial charge in [0.25, 0.3) is 0 Å². The molecule has 1 amide bonds. The van der Waals surface area contributed by atoms with Crippen molar-refractivity contribution in [3.8, 4) is 0 Å². The molecule has 122 valence electrons. The summed E-state index contributed by atoms with van der Waals surface area (Å²) in [5.41, 5.74) is 4.22. The number of nitrogens with zero attached hydrogens (tertiary/aromatic N) is 2. The van der Waals surface area contributed by atoms with Gasteiger partial charge in [0, 0.05) is 18.0 Å². The number of hydrazone groups is 1.